The lowest BCUT2D eigenvalue weighted by Gasteiger charge is -2.37. The molecule has 1 saturated heterocycles. The van der Waals surface area contributed by atoms with Crippen molar-refractivity contribution in [1.82, 2.24) is 5.32 Å². The van der Waals surface area contributed by atoms with Crippen molar-refractivity contribution in [1.29, 1.82) is 0 Å². The number of nitrogens with one attached hydrogen (secondary N) is 1. The summed E-state index contributed by atoms with van der Waals surface area (Å²) in [5, 5.41) is 38.7. The number of aliphatic hydroxyl groups is 4. The Hall–Kier alpha value is -1.06. The van der Waals surface area contributed by atoms with Crippen LogP contribution in [0.3, 0.4) is 0 Å². The maximum atomic E-state index is 11.3. The summed E-state index contributed by atoms with van der Waals surface area (Å²) in [7, 11) is 0. The molecule has 1 heterocycles. The second-order valence-electron chi connectivity index (χ2n) is 3.46. The number of hydrogen-bond acceptors (Lipinski definition) is 7. The summed E-state index contributed by atoms with van der Waals surface area (Å²) in [5.74, 6) is -1.67. The molecule has 2 amide bonds. The van der Waals surface area contributed by atoms with Gasteiger partial charge in [-0.3, -0.25) is 14.9 Å². The summed E-state index contributed by atoms with van der Waals surface area (Å²) in [6.07, 6.45) is -8.58. The lowest BCUT2D eigenvalue weighted by molar-refractivity contribution is -0.275. The molecule has 0 unspecified atom stereocenters. The van der Waals surface area contributed by atoms with E-state index in [2.05, 4.69) is 4.74 Å². The Morgan fingerprint density at radius 1 is 1.06 bits per heavy atom. The largest absolute Gasteiger partial charge is 0.387 e. The van der Waals surface area contributed by atoms with Crippen LogP contribution in [0.2, 0.25) is 0 Å². The van der Waals surface area contributed by atoms with E-state index in [1.165, 1.54) is 0 Å². The lowest BCUT2D eigenvalue weighted by atomic mass is 9.98. The first-order valence-electron chi connectivity index (χ1n) is 4.53. The molecule has 0 radical (unpaired) electrons. The highest BCUT2D eigenvalue weighted by atomic mass is 16.6. The van der Waals surface area contributed by atoms with Gasteiger partial charge in [0.2, 0.25) is 5.91 Å². The Kier molecular flexibility index (Phi) is 3.94. The van der Waals surface area contributed by atoms with E-state index in [0.29, 0.717) is 0 Å². The molecule has 16 heavy (non-hydrogen) atoms. The maximum absolute atomic E-state index is 11.3. The highest BCUT2D eigenvalue weighted by Gasteiger charge is 2.46. The summed E-state index contributed by atoms with van der Waals surface area (Å²) in [5.41, 5.74) is 0. The standard InChI is InChI=1S/C8H13NO7/c1-2(10)9-7(14)6-4(12)3(11)5(13)8(15)16-6/h3-6,8,11-13,15H,1H3,(H,9,10,14)/t3-,4-,5+,6-,8-/m0/s1. The van der Waals surface area contributed by atoms with Crippen LogP contribution in [0, 0.1) is 0 Å². The van der Waals surface area contributed by atoms with Gasteiger partial charge < -0.3 is 25.2 Å². The highest BCUT2D eigenvalue weighted by Crippen LogP contribution is 2.19. The second-order valence-corrected chi connectivity index (χ2v) is 3.46. The molecule has 1 rings (SSSR count). The Morgan fingerprint density at radius 2 is 1.62 bits per heavy atom. The zero-order chi connectivity index (χ0) is 12.5. The fourth-order valence-corrected chi connectivity index (χ4v) is 1.32. The molecule has 0 aromatic heterocycles. The van der Waals surface area contributed by atoms with E-state index < -0.39 is 42.5 Å². The Bertz CT molecular complexity index is 294. The van der Waals surface area contributed by atoms with Crippen molar-refractivity contribution in [3.8, 4) is 0 Å². The first-order valence-corrected chi connectivity index (χ1v) is 4.53. The van der Waals surface area contributed by atoms with Gasteiger partial charge in [-0.1, -0.05) is 0 Å². The Balaban J connectivity index is 2.73. The number of carbonyl (C=O) groups excluding carboxylic acids is 2. The second kappa shape index (κ2) is 4.85. The molecule has 0 saturated carbocycles. The minimum absolute atomic E-state index is 0.670. The van der Waals surface area contributed by atoms with Crippen LogP contribution in [0.25, 0.3) is 0 Å². The van der Waals surface area contributed by atoms with E-state index >= 15 is 0 Å². The van der Waals surface area contributed by atoms with Gasteiger partial charge in [-0.15, -0.1) is 0 Å². The summed E-state index contributed by atoms with van der Waals surface area (Å²) in [4.78, 5) is 21.9. The molecule has 5 N–H and O–H groups in total. The molecule has 0 bridgehead atoms. The number of ether oxygens (including phenoxy) is 1. The van der Waals surface area contributed by atoms with Gasteiger partial charge in [-0.2, -0.15) is 0 Å². The van der Waals surface area contributed by atoms with Crippen molar-refractivity contribution in [2.24, 2.45) is 0 Å². The molecule has 0 aromatic rings. The van der Waals surface area contributed by atoms with Crippen molar-refractivity contribution < 1.29 is 34.8 Å². The summed E-state index contributed by atoms with van der Waals surface area (Å²) in [6.45, 7) is 1.08. The third kappa shape index (κ3) is 2.54. The Morgan fingerprint density at radius 3 is 2.12 bits per heavy atom. The fraction of sp³-hybridized carbons (Fsp3) is 0.750. The number of rotatable bonds is 1. The van der Waals surface area contributed by atoms with Crippen LogP contribution in [-0.4, -0.2) is 62.9 Å². The first-order chi connectivity index (χ1) is 7.34. The van der Waals surface area contributed by atoms with Gasteiger partial charge in [-0.25, -0.2) is 0 Å². The highest BCUT2D eigenvalue weighted by molar-refractivity contribution is 5.96. The topological polar surface area (TPSA) is 136 Å². The predicted molar refractivity (Wildman–Crippen MR) is 47.7 cm³/mol. The molecular formula is C8H13NO7. The van der Waals surface area contributed by atoms with Crippen LogP contribution in [0.15, 0.2) is 0 Å². The van der Waals surface area contributed by atoms with Crippen LogP contribution in [0.4, 0.5) is 0 Å². The normalized spacial score (nSPS) is 39.2. The minimum atomic E-state index is -1.80. The van der Waals surface area contributed by atoms with E-state index in [9.17, 15) is 19.8 Å². The molecule has 0 spiro atoms. The SMILES string of the molecule is CC(=O)NC(=O)[C@H]1O[C@H](O)[C@H](O)[C@@H](O)[C@@H]1O. The molecule has 0 aliphatic carbocycles. The maximum Gasteiger partial charge on any atom is 0.258 e. The summed E-state index contributed by atoms with van der Waals surface area (Å²) in [6, 6.07) is 0. The molecule has 8 heteroatoms. The lowest BCUT2D eigenvalue weighted by Crippen LogP contribution is -2.61. The minimum Gasteiger partial charge on any atom is -0.387 e. The van der Waals surface area contributed by atoms with Crippen molar-refractivity contribution in [3.63, 3.8) is 0 Å². The van der Waals surface area contributed by atoms with Crippen molar-refractivity contribution in [2.75, 3.05) is 0 Å². The number of amides is 2. The molecule has 0 aromatic carbocycles. The van der Waals surface area contributed by atoms with Crippen LogP contribution < -0.4 is 5.32 Å². The molecule has 8 nitrogen and oxygen atoms in total. The molecule has 1 aliphatic rings. The van der Waals surface area contributed by atoms with Crippen LogP contribution >= 0.6 is 0 Å². The van der Waals surface area contributed by atoms with Crippen molar-refractivity contribution in [3.05, 3.63) is 0 Å². The number of imide groups is 1. The van der Waals surface area contributed by atoms with E-state index in [-0.39, 0.29) is 0 Å². The average molecular weight is 235 g/mol. The van der Waals surface area contributed by atoms with Gasteiger partial charge in [0.25, 0.3) is 5.91 Å². The smallest absolute Gasteiger partial charge is 0.258 e. The van der Waals surface area contributed by atoms with Crippen LogP contribution in [-0.2, 0) is 14.3 Å². The van der Waals surface area contributed by atoms with Gasteiger partial charge >= 0.3 is 0 Å². The average Bonchev–Trinajstić information content (AvgIpc) is 2.19. The third-order valence-electron chi connectivity index (χ3n) is 2.15. The molecule has 1 aliphatic heterocycles. The van der Waals surface area contributed by atoms with Crippen LogP contribution in [0.5, 0.6) is 0 Å². The van der Waals surface area contributed by atoms with Gasteiger partial charge in [0.05, 0.1) is 0 Å². The van der Waals surface area contributed by atoms with Gasteiger partial charge in [0, 0.05) is 6.92 Å². The Labute approximate surface area is 90.5 Å². The van der Waals surface area contributed by atoms with E-state index in [1.807, 2.05) is 5.32 Å². The number of carbonyl (C=O) groups is 2. The van der Waals surface area contributed by atoms with E-state index in [1.54, 1.807) is 0 Å². The van der Waals surface area contributed by atoms with E-state index in [0.717, 1.165) is 6.92 Å². The quantitative estimate of drug-likeness (QED) is 0.317. The summed E-state index contributed by atoms with van der Waals surface area (Å²) >= 11 is 0. The number of hydrogen-bond donors (Lipinski definition) is 5. The number of aliphatic hydroxyl groups excluding tert-OH is 4. The van der Waals surface area contributed by atoms with Gasteiger partial charge in [0.15, 0.2) is 12.4 Å². The van der Waals surface area contributed by atoms with Gasteiger partial charge in [0.1, 0.15) is 18.3 Å². The zero-order valence-corrected chi connectivity index (χ0v) is 8.40. The monoisotopic (exact) mass is 235 g/mol. The van der Waals surface area contributed by atoms with Crippen molar-refractivity contribution >= 4 is 11.8 Å². The van der Waals surface area contributed by atoms with Gasteiger partial charge in [-0.05, 0) is 0 Å². The van der Waals surface area contributed by atoms with E-state index in [4.69, 9.17) is 10.2 Å². The van der Waals surface area contributed by atoms with Crippen molar-refractivity contribution in [2.45, 2.75) is 37.6 Å². The molecule has 1 fully saturated rings. The van der Waals surface area contributed by atoms with Crippen LogP contribution in [0.1, 0.15) is 6.92 Å². The molecule has 5 atom stereocenters. The molecular weight excluding hydrogens is 222 g/mol. The zero-order valence-electron chi connectivity index (χ0n) is 8.40. The molecule has 92 valence electrons. The fourth-order valence-electron chi connectivity index (χ4n) is 1.32. The predicted octanol–water partition coefficient (Wildman–Crippen LogP) is -3.55. The first kappa shape index (κ1) is 13.0. The summed E-state index contributed by atoms with van der Waals surface area (Å²) < 4.78 is 4.58. The third-order valence-corrected chi connectivity index (χ3v) is 2.15.